The molecule has 1 N–H and O–H groups in total. The lowest BCUT2D eigenvalue weighted by Crippen LogP contribution is -2.29. The van der Waals surface area contributed by atoms with Gasteiger partial charge >= 0.3 is 5.97 Å². The zero-order chi connectivity index (χ0) is 13.3. The van der Waals surface area contributed by atoms with E-state index in [-0.39, 0.29) is 12.5 Å². The van der Waals surface area contributed by atoms with Crippen LogP contribution < -0.4 is 0 Å². The number of carboxylic acids is 1. The van der Waals surface area contributed by atoms with Gasteiger partial charge in [-0.2, -0.15) is 0 Å². The summed E-state index contributed by atoms with van der Waals surface area (Å²) in [6, 6.07) is 5.14. The fourth-order valence-corrected chi connectivity index (χ4v) is 2.24. The predicted molar refractivity (Wildman–Crippen MR) is 67.8 cm³/mol. The van der Waals surface area contributed by atoms with Gasteiger partial charge in [-0.1, -0.05) is 17.7 Å². The van der Waals surface area contributed by atoms with Crippen molar-refractivity contribution in [3.8, 4) is 0 Å². The molecule has 1 fully saturated rings. The van der Waals surface area contributed by atoms with Gasteiger partial charge in [-0.15, -0.1) is 0 Å². The second-order valence-corrected chi connectivity index (χ2v) is 4.95. The number of rotatable bonds is 2. The lowest BCUT2D eigenvalue weighted by Gasteiger charge is -2.16. The van der Waals surface area contributed by atoms with Gasteiger partial charge in [0.1, 0.15) is 0 Å². The molecule has 0 saturated carbocycles. The van der Waals surface area contributed by atoms with Crippen LogP contribution in [0.15, 0.2) is 18.2 Å². The van der Waals surface area contributed by atoms with Gasteiger partial charge in [0.25, 0.3) is 5.91 Å². The molecule has 0 spiro atoms. The quantitative estimate of drug-likeness (QED) is 0.894. The smallest absolute Gasteiger partial charge is 0.308 e. The Morgan fingerprint density at radius 3 is 2.72 bits per heavy atom. The number of carboxylic acid groups (broad SMARTS) is 1. The van der Waals surface area contributed by atoms with Crippen molar-refractivity contribution in [2.75, 3.05) is 13.1 Å². The Kier molecular flexibility index (Phi) is 3.57. The van der Waals surface area contributed by atoms with Crippen LogP contribution in [-0.4, -0.2) is 35.0 Å². The van der Waals surface area contributed by atoms with Crippen molar-refractivity contribution in [2.45, 2.75) is 13.3 Å². The van der Waals surface area contributed by atoms with Gasteiger partial charge < -0.3 is 10.0 Å². The molecule has 1 atom stereocenters. The molecule has 1 aliphatic rings. The van der Waals surface area contributed by atoms with E-state index in [0.717, 1.165) is 5.56 Å². The monoisotopic (exact) mass is 267 g/mol. The molecule has 0 aromatic heterocycles. The summed E-state index contributed by atoms with van der Waals surface area (Å²) in [7, 11) is 0. The fourth-order valence-electron chi connectivity index (χ4n) is 2.05. The van der Waals surface area contributed by atoms with Gasteiger partial charge in [0.15, 0.2) is 0 Å². The molecule has 1 aliphatic heterocycles. The van der Waals surface area contributed by atoms with Crippen LogP contribution in [-0.2, 0) is 4.79 Å². The summed E-state index contributed by atoms with van der Waals surface area (Å²) in [5.74, 6) is -1.44. The third-order valence-electron chi connectivity index (χ3n) is 3.24. The Morgan fingerprint density at radius 1 is 1.44 bits per heavy atom. The minimum absolute atomic E-state index is 0.152. The number of nitrogens with zero attached hydrogens (tertiary/aromatic N) is 1. The number of amides is 1. The van der Waals surface area contributed by atoms with E-state index < -0.39 is 11.9 Å². The van der Waals surface area contributed by atoms with Crippen molar-refractivity contribution in [1.29, 1.82) is 0 Å². The molecule has 4 nitrogen and oxygen atoms in total. The highest BCUT2D eigenvalue weighted by Crippen LogP contribution is 2.22. The minimum atomic E-state index is -0.841. The Labute approximate surface area is 110 Å². The van der Waals surface area contributed by atoms with Crippen LogP contribution >= 0.6 is 11.6 Å². The molecule has 1 aromatic carbocycles. The molecule has 0 unspecified atom stereocenters. The number of carbonyl (C=O) groups excluding carboxylic acids is 1. The lowest BCUT2D eigenvalue weighted by atomic mass is 10.1. The van der Waals surface area contributed by atoms with Crippen LogP contribution in [0.4, 0.5) is 0 Å². The second-order valence-electron chi connectivity index (χ2n) is 4.54. The van der Waals surface area contributed by atoms with Crippen molar-refractivity contribution in [2.24, 2.45) is 5.92 Å². The summed E-state index contributed by atoms with van der Waals surface area (Å²) in [6.07, 6.45) is 0.515. The van der Waals surface area contributed by atoms with Crippen molar-refractivity contribution < 1.29 is 14.7 Å². The third-order valence-corrected chi connectivity index (χ3v) is 3.65. The second kappa shape index (κ2) is 4.98. The van der Waals surface area contributed by atoms with Crippen molar-refractivity contribution >= 4 is 23.5 Å². The minimum Gasteiger partial charge on any atom is -0.481 e. The maximum absolute atomic E-state index is 12.2. The Hall–Kier alpha value is -1.55. The number of halogens is 1. The van der Waals surface area contributed by atoms with E-state index >= 15 is 0 Å². The third kappa shape index (κ3) is 2.48. The van der Waals surface area contributed by atoms with Crippen LogP contribution in [0.2, 0.25) is 5.02 Å². The van der Waals surface area contributed by atoms with Crippen LogP contribution in [0.5, 0.6) is 0 Å². The van der Waals surface area contributed by atoms with E-state index in [2.05, 4.69) is 0 Å². The van der Waals surface area contributed by atoms with Crippen molar-refractivity contribution in [3.63, 3.8) is 0 Å². The average Bonchev–Trinajstić information content (AvgIpc) is 2.81. The van der Waals surface area contributed by atoms with Gasteiger partial charge in [0.05, 0.1) is 5.92 Å². The molecule has 96 valence electrons. The normalized spacial score (nSPS) is 19.0. The molecule has 1 amide bonds. The van der Waals surface area contributed by atoms with E-state index in [1.54, 1.807) is 23.1 Å². The number of likely N-dealkylation sites (tertiary alicyclic amines) is 1. The summed E-state index contributed by atoms with van der Waals surface area (Å²) in [5.41, 5.74) is 1.43. The Bertz CT molecular complexity index is 501. The molecule has 18 heavy (non-hydrogen) atoms. The van der Waals surface area contributed by atoms with E-state index in [4.69, 9.17) is 16.7 Å². The first kappa shape index (κ1) is 12.9. The van der Waals surface area contributed by atoms with Gasteiger partial charge in [-0.25, -0.2) is 0 Å². The Morgan fingerprint density at radius 2 is 2.17 bits per heavy atom. The first-order chi connectivity index (χ1) is 8.49. The van der Waals surface area contributed by atoms with Crippen molar-refractivity contribution in [3.05, 3.63) is 34.3 Å². The summed E-state index contributed by atoms with van der Waals surface area (Å²) in [4.78, 5) is 24.6. The lowest BCUT2D eigenvalue weighted by molar-refractivity contribution is -0.141. The molecular weight excluding hydrogens is 254 g/mol. The van der Waals surface area contributed by atoms with Crippen LogP contribution in [0, 0.1) is 12.8 Å². The summed E-state index contributed by atoms with van der Waals surface area (Å²) in [6.45, 7) is 2.63. The number of aliphatic carboxylic acids is 1. The molecule has 5 heteroatoms. The fraction of sp³-hybridized carbons (Fsp3) is 0.385. The van der Waals surface area contributed by atoms with Gasteiger partial charge in [-0.3, -0.25) is 9.59 Å². The number of carbonyl (C=O) groups is 2. The summed E-state index contributed by atoms with van der Waals surface area (Å²) >= 11 is 5.98. The number of hydrogen-bond donors (Lipinski definition) is 1. The van der Waals surface area contributed by atoms with E-state index in [9.17, 15) is 9.59 Å². The molecular formula is C13H14ClNO3. The van der Waals surface area contributed by atoms with Crippen LogP contribution in [0.25, 0.3) is 0 Å². The van der Waals surface area contributed by atoms with Gasteiger partial charge in [0, 0.05) is 23.7 Å². The van der Waals surface area contributed by atoms with Gasteiger partial charge in [-0.05, 0) is 31.0 Å². The maximum atomic E-state index is 12.2. The number of aryl methyl sites for hydroxylation is 1. The highest BCUT2D eigenvalue weighted by molar-refractivity contribution is 6.31. The molecule has 0 aliphatic carbocycles. The van der Waals surface area contributed by atoms with E-state index in [0.29, 0.717) is 23.6 Å². The van der Waals surface area contributed by atoms with Crippen LogP contribution in [0.1, 0.15) is 22.3 Å². The largest absolute Gasteiger partial charge is 0.481 e. The predicted octanol–water partition coefficient (Wildman–Crippen LogP) is 2.20. The summed E-state index contributed by atoms with van der Waals surface area (Å²) in [5, 5.41) is 9.46. The maximum Gasteiger partial charge on any atom is 0.308 e. The van der Waals surface area contributed by atoms with Crippen molar-refractivity contribution in [1.82, 2.24) is 4.90 Å². The van der Waals surface area contributed by atoms with Crippen LogP contribution in [0.3, 0.4) is 0 Å². The molecule has 1 saturated heterocycles. The SMILES string of the molecule is Cc1ccc(C(=O)N2CC[C@H](C(=O)O)C2)cc1Cl. The Balaban J connectivity index is 2.12. The van der Waals surface area contributed by atoms with E-state index in [1.165, 1.54) is 0 Å². The summed E-state index contributed by atoms with van der Waals surface area (Å²) < 4.78 is 0. The standard InChI is InChI=1S/C13H14ClNO3/c1-8-2-3-9(6-11(8)14)12(16)15-5-4-10(7-15)13(17)18/h2-3,6,10H,4-5,7H2,1H3,(H,17,18)/t10-/m0/s1. The zero-order valence-electron chi connectivity index (χ0n) is 10.0. The number of hydrogen-bond acceptors (Lipinski definition) is 2. The first-order valence-corrected chi connectivity index (χ1v) is 6.15. The highest BCUT2D eigenvalue weighted by Gasteiger charge is 2.31. The molecule has 1 heterocycles. The molecule has 0 radical (unpaired) electrons. The zero-order valence-corrected chi connectivity index (χ0v) is 10.8. The van der Waals surface area contributed by atoms with Gasteiger partial charge in [0.2, 0.25) is 0 Å². The van der Waals surface area contributed by atoms with E-state index in [1.807, 2.05) is 6.92 Å². The molecule has 2 rings (SSSR count). The topological polar surface area (TPSA) is 57.6 Å². The number of benzene rings is 1. The first-order valence-electron chi connectivity index (χ1n) is 5.77. The molecule has 1 aromatic rings. The average molecular weight is 268 g/mol. The molecule has 0 bridgehead atoms. The highest BCUT2D eigenvalue weighted by atomic mass is 35.5.